The molecular formula is C14H21ClN4O3. The molecule has 0 unspecified atom stereocenters. The Morgan fingerprint density at radius 1 is 1.45 bits per heavy atom. The summed E-state index contributed by atoms with van der Waals surface area (Å²) in [7, 11) is 0. The number of amides is 1. The van der Waals surface area contributed by atoms with Crippen molar-refractivity contribution in [2.45, 2.75) is 25.8 Å². The summed E-state index contributed by atoms with van der Waals surface area (Å²) in [5.41, 5.74) is 6.30. The van der Waals surface area contributed by atoms with E-state index in [9.17, 15) is 14.9 Å². The Bertz CT molecular complexity index is 547. The van der Waals surface area contributed by atoms with E-state index in [0.717, 1.165) is 25.9 Å². The molecule has 8 heteroatoms. The third kappa shape index (κ3) is 4.08. The van der Waals surface area contributed by atoms with Crippen LogP contribution in [0.5, 0.6) is 0 Å². The minimum Gasteiger partial charge on any atom is -0.366 e. The number of rotatable bonds is 5. The zero-order valence-corrected chi connectivity index (χ0v) is 13.3. The first-order valence-corrected chi connectivity index (χ1v) is 7.07. The number of halogens is 1. The Labute approximate surface area is 135 Å². The van der Waals surface area contributed by atoms with Crippen molar-refractivity contribution in [1.29, 1.82) is 0 Å². The van der Waals surface area contributed by atoms with Gasteiger partial charge in [0.25, 0.3) is 11.6 Å². The molecule has 1 heterocycles. The predicted octanol–water partition coefficient (Wildman–Crippen LogP) is 1.69. The maximum Gasteiger partial charge on any atom is 0.293 e. The van der Waals surface area contributed by atoms with Crippen molar-refractivity contribution >= 4 is 29.7 Å². The summed E-state index contributed by atoms with van der Waals surface area (Å²) in [5, 5.41) is 14.0. The van der Waals surface area contributed by atoms with Crippen LogP contribution >= 0.6 is 12.4 Å². The normalized spacial score (nSPS) is 15.1. The van der Waals surface area contributed by atoms with E-state index in [1.165, 1.54) is 6.07 Å². The van der Waals surface area contributed by atoms with Gasteiger partial charge < -0.3 is 16.0 Å². The number of nitro groups is 1. The monoisotopic (exact) mass is 328 g/mol. The van der Waals surface area contributed by atoms with E-state index < -0.39 is 4.92 Å². The van der Waals surface area contributed by atoms with E-state index in [2.05, 4.69) is 5.32 Å². The van der Waals surface area contributed by atoms with Gasteiger partial charge in [0.05, 0.1) is 4.92 Å². The number of hydrogen-bond donors (Lipinski definition) is 2. The fourth-order valence-corrected chi connectivity index (χ4v) is 2.40. The highest BCUT2D eigenvalue weighted by Gasteiger charge is 2.24. The highest BCUT2D eigenvalue weighted by molar-refractivity contribution is 5.96. The molecule has 22 heavy (non-hydrogen) atoms. The molecule has 1 aromatic rings. The lowest BCUT2D eigenvalue weighted by molar-refractivity contribution is -0.384. The topological polar surface area (TPSA) is 102 Å². The van der Waals surface area contributed by atoms with Gasteiger partial charge in [-0.1, -0.05) is 0 Å². The Kier molecular flexibility index (Phi) is 6.58. The molecule has 3 N–H and O–H groups in total. The van der Waals surface area contributed by atoms with E-state index >= 15 is 0 Å². The molecule has 1 aliphatic heterocycles. The fraction of sp³-hybridized carbons (Fsp3) is 0.500. The van der Waals surface area contributed by atoms with E-state index in [1.807, 2.05) is 4.90 Å². The summed E-state index contributed by atoms with van der Waals surface area (Å²) in [5.74, 6) is -0.343. The standard InChI is InChI=1S/C14H20N4O3.ClH/c1-10(9-15)16-14(19)11-4-5-12(13(8-11)18(20)21)17-6-2-3-7-17;/h4-5,8,10H,2-3,6-7,9,15H2,1H3,(H,16,19);1H/t10-;/m0./s1. The summed E-state index contributed by atoms with van der Waals surface area (Å²) in [6, 6.07) is 4.45. The average Bonchev–Trinajstić information content (AvgIpc) is 3.00. The molecule has 0 radical (unpaired) electrons. The molecule has 0 bridgehead atoms. The average molecular weight is 329 g/mol. The lowest BCUT2D eigenvalue weighted by atomic mass is 10.1. The Hall–Kier alpha value is -1.86. The van der Waals surface area contributed by atoms with Gasteiger partial charge in [0.15, 0.2) is 0 Å². The van der Waals surface area contributed by atoms with Crippen LogP contribution in [0.4, 0.5) is 11.4 Å². The van der Waals surface area contributed by atoms with Gasteiger partial charge in [-0.05, 0) is 31.9 Å². The highest BCUT2D eigenvalue weighted by atomic mass is 35.5. The molecule has 1 aromatic carbocycles. The van der Waals surface area contributed by atoms with Crippen LogP contribution in [0.2, 0.25) is 0 Å². The van der Waals surface area contributed by atoms with Crippen LogP contribution in [0.15, 0.2) is 18.2 Å². The van der Waals surface area contributed by atoms with Crippen molar-refractivity contribution < 1.29 is 9.72 Å². The van der Waals surface area contributed by atoms with E-state index in [1.54, 1.807) is 19.1 Å². The third-order valence-corrected chi connectivity index (χ3v) is 3.61. The van der Waals surface area contributed by atoms with Gasteiger partial charge in [-0.15, -0.1) is 12.4 Å². The summed E-state index contributed by atoms with van der Waals surface area (Å²) >= 11 is 0. The van der Waals surface area contributed by atoms with Crippen LogP contribution in [-0.2, 0) is 0 Å². The summed E-state index contributed by atoms with van der Waals surface area (Å²) in [6.07, 6.45) is 2.07. The predicted molar refractivity (Wildman–Crippen MR) is 87.8 cm³/mol. The van der Waals surface area contributed by atoms with Gasteiger partial charge in [0, 0.05) is 37.3 Å². The van der Waals surface area contributed by atoms with Gasteiger partial charge in [-0.2, -0.15) is 0 Å². The minimum absolute atomic E-state index is 0. The Morgan fingerprint density at radius 2 is 2.09 bits per heavy atom. The number of carbonyl (C=O) groups is 1. The van der Waals surface area contributed by atoms with Crippen LogP contribution in [-0.4, -0.2) is 36.5 Å². The quantitative estimate of drug-likeness (QED) is 0.632. The molecule has 0 aliphatic carbocycles. The highest BCUT2D eigenvalue weighted by Crippen LogP contribution is 2.31. The van der Waals surface area contributed by atoms with Crippen LogP contribution < -0.4 is 16.0 Å². The van der Waals surface area contributed by atoms with Crippen molar-refractivity contribution in [2.24, 2.45) is 5.73 Å². The number of nitrogens with two attached hydrogens (primary N) is 1. The maximum absolute atomic E-state index is 12.0. The second-order valence-corrected chi connectivity index (χ2v) is 5.26. The van der Waals surface area contributed by atoms with Crippen LogP contribution in [0.1, 0.15) is 30.1 Å². The largest absolute Gasteiger partial charge is 0.366 e. The minimum atomic E-state index is -0.434. The lowest BCUT2D eigenvalue weighted by Gasteiger charge is -2.18. The molecule has 0 saturated carbocycles. The van der Waals surface area contributed by atoms with Gasteiger partial charge in [0.1, 0.15) is 5.69 Å². The second kappa shape index (κ2) is 7.95. The Morgan fingerprint density at radius 3 is 2.64 bits per heavy atom. The summed E-state index contributed by atoms with van der Waals surface area (Å²) in [6.45, 7) is 3.73. The molecule has 1 amide bonds. The van der Waals surface area contributed by atoms with Crippen molar-refractivity contribution in [1.82, 2.24) is 5.32 Å². The summed E-state index contributed by atoms with van der Waals surface area (Å²) < 4.78 is 0. The molecule has 1 saturated heterocycles. The van der Waals surface area contributed by atoms with E-state index in [0.29, 0.717) is 12.2 Å². The lowest BCUT2D eigenvalue weighted by Crippen LogP contribution is -2.37. The number of nitrogens with one attached hydrogen (secondary N) is 1. The van der Waals surface area contributed by atoms with Crippen LogP contribution in [0.3, 0.4) is 0 Å². The fourth-order valence-electron chi connectivity index (χ4n) is 2.40. The van der Waals surface area contributed by atoms with E-state index in [-0.39, 0.29) is 35.6 Å². The van der Waals surface area contributed by atoms with Crippen molar-refractivity contribution in [3.05, 3.63) is 33.9 Å². The second-order valence-electron chi connectivity index (χ2n) is 5.26. The number of hydrogen-bond acceptors (Lipinski definition) is 5. The Balaban J connectivity index is 0.00000242. The van der Waals surface area contributed by atoms with Gasteiger partial charge in [-0.25, -0.2) is 0 Å². The SMILES string of the molecule is C[C@@H](CN)NC(=O)c1ccc(N2CCCC2)c([N+](=O)[O-])c1.Cl. The number of benzene rings is 1. The molecule has 122 valence electrons. The van der Waals surface area contributed by atoms with Crippen molar-refractivity contribution in [3.63, 3.8) is 0 Å². The molecule has 1 aliphatic rings. The number of anilines is 1. The number of nitrogens with zero attached hydrogens (tertiary/aromatic N) is 2. The third-order valence-electron chi connectivity index (χ3n) is 3.61. The number of carbonyl (C=O) groups excluding carboxylic acids is 1. The zero-order valence-electron chi connectivity index (χ0n) is 12.4. The molecule has 0 aromatic heterocycles. The number of nitro benzene ring substituents is 1. The maximum atomic E-state index is 12.0. The molecule has 7 nitrogen and oxygen atoms in total. The van der Waals surface area contributed by atoms with Crippen LogP contribution in [0.25, 0.3) is 0 Å². The molecule has 1 fully saturated rings. The van der Waals surface area contributed by atoms with Crippen molar-refractivity contribution in [3.8, 4) is 0 Å². The van der Waals surface area contributed by atoms with Gasteiger partial charge in [-0.3, -0.25) is 14.9 Å². The molecule has 0 spiro atoms. The van der Waals surface area contributed by atoms with Crippen LogP contribution in [0, 0.1) is 10.1 Å². The van der Waals surface area contributed by atoms with Gasteiger partial charge >= 0.3 is 0 Å². The molecule has 2 rings (SSSR count). The first kappa shape index (κ1) is 18.2. The first-order chi connectivity index (χ1) is 10.0. The zero-order chi connectivity index (χ0) is 15.4. The first-order valence-electron chi connectivity index (χ1n) is 7.07. The van der Waals surface area contributed by atoms with Gasteiger partial charge in [0.2, 0.25) is 0 Å². The smallest absolute Gasteiger partial charge is 0.293 e. The summed E-state index contributed by atoms with van der Waals surface area (Å²) in [4.78, 5) is 24.8. The molecular weight excluding hydrogens is 308 g/mol. The van der Waals surface area contributed by atoms with Crippen molar-refractivity contribution in [2.75, 3.05) is 24.5 Å². The van der Waals surface area contributed by atoms with E-state index in [4.69, 9.17) is 5.73 Å². The molecule has 1 atom stereocenters.